The summed E-state index contributed by atoms with van der Waals surface area (Å²) in [6.45, 7) is 1.60. The maximum absolute atomic E-state index is 12.9. The Labute approximate surface area is 196 Å². The summed E-state index contributed by atoms with van der Waals surface area (Å²) >= 11 is 10.6. The van der Waals surface area contributed by atoms with E-state index in [9.17, 15) is 18.0 Å². The SMILES string of the molecule is Cc1[nH]n(-c2nc(-c3ccc(Br)cc3)cs2)c(=O)c1N=Nc1cc(C(F)(F)F)ccc1Cl. The standard InChI is InChI=1S/C20H12BrClF3N5OS/c1-10-17(28-27-15-8-12(20(23,24)25)4-7-14(15)22)18(31)30(29-10)19-26-16(9-32-19)11-2-5-13(21)6-3-11/h2-9,29H,1H3. The van der Waals surface area contributed by atoms with Crippen molar-refractivity contribution in [1.29, 1.82) is 0 Å². The summed E-state index contributed by atoms with van der Waals surface area (Å²) in [4.78, 5) is 17.3. The van der Waals surface area contributed by atoms with E-state index >= 15 is 0 Å². The average Bonchev–Trinajstić information content (AvgIpc) is 3.32. The third-order valence-corrected chi connectivity index (χ3v) is 6.07. The van der Waals surface area contributed by atoms with Crippen molar-refractivity contribution in [3.63, 3.8) is 0 Å². The summed E-state index contributed by atoms with van der Waals surface area (Å²) in [5.74, 6) is 0. The van der Waals surface area contributed by atoms with Gasteiger partial charge < -0.3 is 0 Å². The molecule has 0 bridgehead atoms. The Hall–Kier alpha value is -2.76. The number of alkyl halides is 3. The van der Waals surface area contributed by atoms with Gasteiger partial charge in [-0.3, -0.25) is 9.89 Å². The summed E-state index contributed by atoms with van der Waals surface area (Å²) in [7, 11) is 0. The highest BCUT2D eigenvalue weighted by molar-refractivity contribution is 9.10. The molecular weight excluding hydrogens is 531 g/mol. The van der Waals surface area contributed by atoms with E-state index < -0.39 is 17.3 Å². The second-order valence-electron chi connectivity index (χ2n) is 6.61. The number of H-pyrrole nitrogens is 1. The fourth-order valence-corrected chi connectivity index (χ4v) is 3.99. The minimum absolute atomic E-state index is 0.0191. The molecule has 0 unspecified atom stereocenters. The Kier molecular flexibility index (Phi) is 6.06. The van der Waals surface area contributed by atoms with Crippen molar-refractivity contribution in [2.75, 3.05) is 0 Å². The first kappa shape index (κ1) is 22.4. The zero-order valence-corrected chi connectivity index (χ0v) is 19.3. The van der Waals surface area contributed by atoms with Crippen LogP contribution < -0.4 is 5.56 Å². The van der Waals surface area contributed by atoms with Crippen molar-refractivity contribution in [2.24, 2.45) is 10.2 Å². The van der Waals surface area contributed by atoms with E-state index in [1.807, 2.05) is 29.6 Å². The van der Waals surface area contributed by atoms with Gasteiger partial charge in [-0.25, -0.2) is 4.98 Å². The highest BCUT2D eigenvalue weighted by atomic mass is 79.9. The van der Waals surface area contributed by atoms with E-state index in [2.05, 4.69) is 36.2 Å². The Morgan fingerprint density at radius 3 is 2.56 bits per heavy atom. The monoisotopic (exact) mass is 541 g/mol. The fraction of sp³-hybridized carbons (Fsp3) is 0.100. The second kappa shape index (κ2) is 8.64. The van der Waals surface area contributed by atoms with E-state index in [0.29, 0.717) is 16.5 Å². The van der Waals surface area contributed by atoms with Gasteiger partial charge in [0.05, 0.1) is 22.0 Å². The van der Waals surface area contributed by atoms with Gasteiger partial charge in [0.25, 0.3) is 0 Å². The van der Waals surface area contributed by atoms with Crippen LogP contribution >= 0.6 is 38.9 Å². The molecule has 12 heteroatoms. The number of hydrogen-bond acceptors (Lipinski definition) is 5. The maximum atomic E-state index is 12.9. The number of hydrogen-bond donors (Lipinski definition) is 1. The first-order valence-electron chi connectivity index (χ1n) is 8.95. The van der Waals surface area contributed by atoms with Gasteiger partial charge in [-0.05, 0) is 37.3 Å². The molecule has 2 heterocycles. The van der Waals surface area contributed by atoms with Gasteiger partial charge in [0.1, 0.15) is 5.69 Å². The molecule has 0 saturated heterocycles. The van der Waals surface area contributed by atoms with Gasteiger partial charge in [-0.1, -0.05) is 39.7 Å². The number of aromatic nitrogens is 3. The third kappa shape index (κ3) is 4.54. The van der Waals surface area contributed by atoms with Crippen LogP contribution in [-0.4, -0.2) is 14.8 Å². The van der Waals surface area contributed by atoms with Crippen molar-refractivity contribution >= 4 is 50.2 Å². The topological polar surface area (TPSA) is 75.4 Å². The summed E-state index contributed by atoms with van der Waals surface area (Å²) in [5.41, 5.74) is 0.246. The molecule has 0 saturated carbocycles. The molecule has 164 valence electrons. The van der Waals surface area contributed by atoms with Crippen LogP contribution in [0.4, 0.5) is 24.5 Å². The fourth-order valence-electron chi connectivity index (χ4n) is 2.78. The quantitative estimate of drug-likeness (QED) is 0.272. The van der Waals surface area contributed by atoms with E-state index in [1.54, 1.807) is 6.92 Å². The van der Waals surface area contributed by atoms with Crippen molar-refractivity contribution in [3.8, 4) is 16.4 Å². The molecule has 0 radical (unpaired) electrons. The predicted molar refractivity (Wildman–Crippen MR) is 121 cm³/mol. The average molecular weight is 543 g/mol. The highest BCUT2D eigenvalue weighted by Crippen LogP contribution is 2.35. The number of thiazole rings is 1. The number of azo groups is 1. The molecule has 0 aliphatic heterocycles. The van der Waals surface area contributed by atoms with Gasteiger partial charge >= 0.3 is 11.7 Å². The Bertz CT molecular complexity index is 1380. The summed E-state index contributed by atoms with van der Waals surface area (Å²) in [6, 6.07) is 10.3. The van der Waals surface area contributed by atoms with Crippen LogP contribution in [0, 0.1) is 6.92 Å². The van der Waals surface area contributed by atoms with Gasteiger partial charge in [-0.15, -0.1) is 21.6 Å². The van der Waals surface area contributed by atoms with Crippen LogP contribution in [0.3, 0.4) is 0 Å². The van der Waals surface area contributed by atoms with Crippen LogP contribution in [0.1, 0.15) is 11.3 Å². The highest BCUT2D eigenvalue weighted by Gasteiger charge is 2.31. The summed E-state index contributed by atoms with van der Waals surface area (Å²) in [6.07, 6.45) is -4.55. The van der Waals surface area contributed by atoms with E-state index in [4.69, 9.17) is 11.6 Å². The lowest BCUT2D eigenvalue weighted by Gasteiger charge is -2.07. The van der Waals surface area contributed by atoms with Gasteiger partial charge in [-0.2, -0.15) is 17.9 Å². The van der Waals surface area contributed by atoms with Crippen LogP contribution in [0.25, 0.3) is 16.4 Å². The zero-order chi connectivity index (χ0) is 23.0. The lowest BCUT2D eigenvalue weighted by molar-refractivity contribution is -0.137. The molecule has 0 spiro atoms. The molecule has 0 aliphatic rings. The number of aryl methyl sites for hydroxylation is 1. The normalized spacial score (nSPS) is 12.1. The van der Waals surface area contributed by atoms with Gasteiger partial charge in [0.15, 0.2) is 5.69 Å². The Balaban J connectivity index is 1.66. The number of halogens is 5. The Morgan fingerprint density at radius 1 is 1.16 bits per heavy atom. The Morgan fingerprint density at radius 2 is 1.88 bits per heavy atom. The van der Waals surface area contributed by atoms with Crippen LogP contribution in [0.15, 0.2) is 67.3 Å². The van der Waals surface area contributed by atoms with Gasteiger partial charge in [0, 0.05) is 15.4 Å². The molecule has 0 aliphatic carbocycles. The smallest absolute Gasteiger partial charge is 0.291 e. The molecule has 2 aromatic heterocycles. The molecule has 4 rings (SSSR count). The number of nitrogens with zero attached hydrogens (tertiary/aromatic N) is 4. The first-order valence-corrected chi connectivity index (χ1v) is 11.0. The van der Waals surface area contributed by atoms with Gasteiger partial charge in [0.2, 0.25) is 5.13 Å². The van der Waals surface area contributed by atoms with Crippen molar-refractivity contribution < 1.29 is 13.2 Å². The maximum Gasteiger partial charge on any atom is 0.416 e. The third-order valence-electron chi connectivity index (χ3n) is 4.39. The van der Waals surface area contributed by atoms with Crippen LogP contribution in [-0.2, 0) is 6.18 Å². The second-order valence-corrected chi connectivity index (χ2v) is 8.77. The number of rotatable bonds is 4. The molecule has 0 amide bonds. The lowest BCUT2D eigenvalue weighted by atomic mass is 10.2. The van der Waals surface area contributed by atoms with Crippen molar-refractivity contribution in [2.45, 2.75) is 13.1 Å². The van der Waals surface area contributed by atoms with Crippen molar-refractivity contribution in [3.05, 3.63) is 79.0 Å². The summed E-state index contributed by atoms with van der Waals surface area (Å²) in [5, 5.41) is 12.7. The van der Waals surface area contributed by atoms with Crippen molar-refractivity contribution in [1.82, 2.24) is 14.8 Å². The van der Waals surface area contributed by atoms with E-state index in [0.717, 1.165) is 28.2 Å². The zero-order valence-electron chi connectivity index (χ0n) is 16.1. The largest absolute Gasteiger partial charge is 0.416 e. The summed E-state index contributed by atoms with van der Waals surface area (Å²) < 4.78 is 41.0. The van der Waals surface area contributed by atoms with E-state index in [-0.39, 0.29) is 16.4 Å². The molecule has 0 fully saturated rings. The molecule has 1 N–H and O–H groups in total. The predicted octanol–water partition coefficient (Wildman–Crippen LogP) is 7.45. The lowest BCUT2D eigenvalue weighted by Crippen LogP contribution is -2.13. The van der Waals surface area contributed by atoms with Crippen LogP contribution in [0.5, 0.6) is 0 Å². The van der Waals surface area contributed by atoms with E-state index in [1.165, 1.54) is 16.0 Å². The molecule has 0 atom stereocenters. The number of aromatic amines is 1. The number of nitrogens with one attached hydrogen (secondary N) is 1. The number of benzene rings is 2. The molecule has 6 nitrogen and oxygen atoms in total. The molecular formula is C20H12BrClF3N5OS. The minimum atomic E-state index is -4.55. The molecule has 32 heavy (non-hydrogen) atoms. The molecule has 2 aromatic carbocycles. The first-order chi connectivity index (χ1) is 15.1. The molecule has 4 aromatic rings. The van der Waals surface area contributed by atoms with Crippen LogP contribution in [0.2, 0.25) is 5.02 Å². The minimum Gasteiger partial charge on any atom is -0.291 e.